The van der Waals surface area contributed by atoms with Crippen LogP contribution in [0.15, 0.2) is 47.4 Å². The van der Waals surface area contributed by atoms with Crippen LogP contribution in [0.1, 0.15) is 17.2 Å². The zero-order chi connectivity index (χ0) is 19.4. The van der Waals surface area contributed by atoms with E-state index in [2.05, 4.69) is 15.5 Å². The van der Waals surface area contributed by atoms with E-state index >= 15 is 0 Å². The molecule has 7 heteroatoms. The quantitative estimate of drug-likeness (QED) is 0.543. The maximum absolute atomic E-state index is 12.1. The number of para-hydroxylation sites is 1. The first-order valence-electron chi connectivity index (χ1n) is 8.74. The Balaban J connectivity index is 1.56. The second kappa shape index (κ2) is 8.45. The van der Waals surface area contributed by atoms with Gasteiger partial charge in [0.25, 0.3) is 0 Å². The zero-order valence-electron chi connectivity index (χ0n) is 15.4. The average molecular weight is 385 g/mol. The average Bonchev–Trinajstić information content (AvgIpc) is 3.06. The Morgan fingerprint density at radius 2 is 2.00 bits per heavy atom. The van der Waals surface area contributed by atoms with Crippen LogP contribution in [-0.2, 0) is 16.0 Å². The lowest BCUT2D eigenvalue weighted by Gasteiger charge is -2.15. The zero-order valence-corrected chi connectivity index (χ0v) is 16.2. The fourth-order valence-electron chi connectivity index (χ4n) is 3.11. The maximum atomic E-state index is 12.1. The summed E-state index contributed by atoms with van der Waals surface area (Å²) >= 11 is 1.48. The van der Waals surface area contributed by atoms with Gasteiger partial charge in [-0.3, -0.25) is 9.59 Å². The number of nitrogens with zero attached hydrogens (tertiary/aromatic N) is 1. The number of likely N-dealkylation sites (N-methyl/N-ethyl adjacent to an activating group) is 1. The lowest BCUT2D eigenvalue weighted by atomic mass is 10.0. The van der Waals surface area contributed by atoms with E-state index in [9.17, 15) is 14.7 Å². The first kappa shape index (κ1) is 19.3. The minimum Gasteiger partial charge on any atom is -0.387 e. The van der Waals surface area contributed by atoms with Gasteiger partial charge in [-0.2, -0.15) is 0 Å². The molecule has 1 atom stereocenters. The van der Waals surface area contributed by atoms with Gasteiger partial charge in [0.15, 0.2) is 0 Å². The van der Waals surface area contributed by atoms with Crippen LogP contribution in [0.25, 0.3) is 0 Å². The van der Waals surface area contributed by atoms with Gasteiger partial charge in [-0.25, -0.2) is 0 Å². The third kappa shape index (κ3) is 4.43. The third-order valence-electron chi connectivity index (χ3n) is 4.63. The van der Waals surface area contributed by atoms with Gasteiger partial charge in [0.05, 0.1) is 11.8 Å². The summed E-state index contributed by atoms with van der Waals surface area (Å²) in [5.41, 5.74) is 3.68. The molecule has 1 aliphatic heterocycles. The van der Waals surface area contributed by atoms with Crippen LogP contribution < -0.4 is 15.5 Å². The minimum atomic E-state index is -0.864. The van der Waals surface area contributed by atoms with Crippen LogP contribution >= 0.6 is 11.8 Å². The van der Waals surface area contributed by atoms with Crippen LogP contribution in [0.4, 0.5) is 11.4 Å². The number of fused-ring (bicyclic) bond motifs is 1. The Kier molecular flexibility index (Phi) is 6.03. The highest BCUT2D eigenvalue weighted by molar-refractivity contribution is 7.98. The lowest BCUT2D eigenvalue weighted by molar-refractivity contribution is -0.136. The van der Waals surface area contributed by atoms with Gasteiger partial charge in [0, 0.05) is 30.7 Å². The standard InChI is InChI=1S/C20H23N3O3S/c1-23-10-9-13-11-14(7-8-16(13)23)17(24)12-21-19(25)20(26)22-15-5-3-4-6-18(15)27-2/h3-8,11,17,24H,9-10,12H2,1-2H3,(H,21,25)(H,22,26). The van der Waals surface area contributed by atoms with Gasteiger partial charge >= 0.3 is 11.8 Å². The second-order valence-electron chi connectivity index (χ2n) is 6.44. The number of nitrogens with one attached hydrogen (secondary N) is 2. The Hall–Kier alpha value is -2.51. The van der Waals surface area contributed by atoms with Gasteiger partial charge in [0.2, 0.25) is 0 Å². The summed E-state index contributed by atoms with van der Waals surface area (Å²) in [6.07, 6.45) is 1.97. The molecule has 142 valence electrons. The molecular formula is C20H23N3O3S. The molecule has 0 bridgehead atoms. The maximum Gasteiger partial charge on any atom is 0.313 e. The van der Waals surface area contributed by atoms with Crippen molar-refractivity contribution in [2.45, 2.75) is 17.4 Å². The molecule has 1 unspecified atom stereocenters. The fourth-order valence-corrected chi connectivity index (χ4v) is 3.66. The fraction of sp³-hybridized carbons (Fsp3) is 0.300. The monoisotopic (exact) mass is 385 g/mol. The van der Waals surface area contributed by atoms with Crippen LogP contribution in [0.3, 0.4) is 0 Å². The van der Waals surface area contributed by atoms with Gasteiger partial charge < -0.3 is 20.6 Å². The number of aliphatic hydroxyl groups excluding tert-OH is 1. The Morgan fingerprint density at radius 3 is 2.78 bits per heavy atom. The van der Waals surface area contributed by atoms with E-state index in [4.69, 9.17) is 0 Å². The molecule has 0 fully saturated rings. The van der Waals surface area contributed by atoms with Crippen molar-refractivity contribution in [3.63, 3.8) is 0 Å². The molecule has 27 heavy (non-hydrogen) atoms. The predicted molar refractivity (Wildman–Crippen MR) is 108 cm³/mol. The number of thioether (sulfide) groups is 1. The Labute approximate surface area is 163 Å². The van der Waals surface area contributed by atoms with Crippen LogP contribution in [0.5, 0.6) is 0 Å². The molecule has 0 radical (unpaired) electrons. The highest BCUT2D eigenvalue weighted by Gasteiger charge is 2.20. The summed E-state index contributed by atoms with van der Waals surface area (Å²) in [5.74, 6) is -1.52. The van der Waals surface area contributed by atoms with Crippen molar-refractivity contribution >= 4 is 35.0 Å². The number of hydrogen-bond donors (Lipinski definition) is 3. The smallest absolute Gasteiger partial charge is 0.313 e. The van der Waals surface area contributed by atoms with E-state index in [1.54, 1.807) is 12.1 Å². The molecule has 2 aromatic carbocycles. The number of aliphatic hydroxyl groups is 1. The SMILES string of the molecule is CSc1ccccc1NC(=O)C(=O)NCC(O)c1ccc2c(c1)CCN2C. The van der Waals surface area contributed by atoms with Gasteiger partial charge in [0.1, 0.15) is 0 Å². The van der Waals surface area contributed by atoms with Crippen molar-refractivity contribution in [3.8, 4) is 0 Å². The molecule has 6 nitrogen and oxygen atoms in total. The summed E-state index contributed by atoms with van der Waals surface area (Å²) in [5, 5.41) is 15.5. The third-order valence-corrected chi connectivity index (χ3v) is 5.43. The molecule has 1 heterocycles. The molecule has 3 N–H and O–H groups in total. The summed E-state index contributed by atoms with van der Waals surface area (Å²) in [4.78, 5) is 27.2. The Bertz CT molecular complexity index is 856. The number of anilines is 2. The van der Waals surface area contributed by atoms with E-state index in [0.717, 1.165) is 23.4 Å². The van der Waals surface area contributed by atoms with Crippen LogP contribution in [-0.4, -0.2) is 43.3 Å². The first-order chi connectivity index (χ1) is 13.0. The van der Waals surface area contributed by atoms with E-state index in [0.29, 0.717) is 5.69 Å². The number of rotatable bonds is 5. The van der Waals surface area contributed by atoms with Crippen molar-refractivity contribution in [1.29, 1.82) is 0 Å². The van der Waals surface area contributed by atoms with Crippen molar-refractivity contribution in [2.24, 2.45) is 0 Å². The Morgan fingerprint density at radius 1 is 1.22 bits per heavy atom. The summed E-state index contributed by atoms with van der Waals surface area (Å²) < 4.78 is 0. The van der Waals surface area contributed by atoms with Crippen molar-refractivity contribution in [1.82, 2.24) is 5.32 Å². The number of carbonyl (C=O) groups is 2. The predicted octanol–water partition coefficient (Wildman–Crippen LogP) is 2.19. The van der Waals surface area contributed by atoms with E-state index < -0.39 is 17.9 Å². The highest BCUT2D eigenvalue weighted by atomic mass is 32.2. The van der Waals surface area contributed by atoms with Crippen molar-refractivity contribution in [3.05, 3.63) is 53.6 Å². The number of hydrogen-bond acceptors (Lipinski definition) is 5. The molecule has 1 aliphatic rings. The van der Waals surface area contributed by atoms with Crippen molar-refractivity contribution < 1.29 is 14.7 Å². The molecule has 0 saturated heterocycles. The minimum absolute atomic E-state index is 0.0228. The van der Waals surface area contributed by atoms with Crippen LogP contribution in [0, 0.1) is 0 Å². The lowest BCUT2D eigenvalue weighted by Crippen LogP contribution is -2.37. The molecule has 0 spiro atoms. The summed E-state index contributed by atoms with van der Waals surface area (Å²) in [6.45, 7) is 0.939. The number of benzene rings is 2. The molecule has 0 saturated carbocycles. The van der Waals surface area contributed by atoms with Crippen LogP contribution in [0.2, 0.25) is 0 Å². The molecule has 3 rings (SSSR count). The van der Waals surface area contributed by atoms with Gasteiger partial charge in [-0.1, -0.05) is 24.3 Å². The summed E-state index contributed by atoms with van der Waals surface area (Å²) in [7, 11) is 2.04. The highest BCUT2D eigenvalue weighted by Crippen LogP contribution is 2.29. The number of carbonyl (C=O) groups excluding carboxylic acids is 2. The van der Waals surface area contributed by atoms with Gasteiger partial charge in [-0.15, -0.1) is 11.8 Å². The van der Waals surface area contributed by atoms with Crippen molar-refractivity contribution in [2.75, 3.05) is 36.6 Å². The molecule has 2 aromatic rings. The van der Waals surface area contributed by atoms with Gasteiger partial charge in [-0.05, 0) is 42.0 Å². The molecule has 2 amide bonds. The largest absolute Gasteiger partial charge is 0.387 e. The molecule has 0 aromatic heterocycles. The van der Waals surface area contributed by atoms with E-state index in [1.807, 2.05) is 43.6 Å². The summed E-state index contributed by atoms with van der Waals surface area (Å²) in [6, 6.07) is 13.1. The van der Waals surface area contributed by atoms with E-state index in [-0.39, 0.29) is 6.54 Å². The number of amides is 2. The topological polar surface area (TPSA) is 81.7 Å². The first-order valence-corrected chi connectivity index (χ1v) is 9.96. The van der Waals surface area contributed by atoms with E-state index in [1.165, 1.54) is 23.0 Å². The molecular weight excluding hydrogens is 362 g/mol. The second-order valence-corrected chi connectivity index (χ2v) is 7.29. The molecule has 0 aliphatic carbocycles. The normalized spacial score (nSPS) is 13.8.